The van der Waals surface area contributed by atoms with E-state index in [-0.39, 0.29) is 0 Å². The summed E-state index contributed by atoms with van der Waals surface area (Å²) in [5.41, 5.74) is 1.02. The maximum atomic E-state index is 5.11. The van der Waals surface area contributed by atoms with E-state index < -0.39 is 0 Å². The molecule has 0 spiro atoms. The van der Waals surface area contributed by atoms with Crippen LogP contribution in [0.15, 0.2) is 24.3 Å². The Bertz CT molecular complexity index is 547. The fraction of sp³-hybridized carbons (Fsp3) is 0.333. The van der Waals surface area contributed by atoms with Gasteiger partial charge in [0.15, 0.2) is 4.77 Å². The Morgan fingerprint density at radius 3 is 2.94 bits per heavy atom. The van der Waals surface area contributed by atoms with Gasteiger partial charge < -0.3 is 10.3 Å². The third kappa shape index (κ3) is 2.22. The van der Waals surface area contributed by atoms with Crippen LogP contribution in [0, 0.1) is 4.77 Å². The number of fused-ring (bicyclic) bond motifs is 1. The van der Waals surface area contributed by atoms with E-state index >= 15 is 0 Å². The molecule has 0 saturated carbocycles. The van der Waals surface area contributed by atoms with Crippen molar-refractivity contribution in [3.8, 4) is 0 Å². The fourth-order valence-electron chi connectivity index (χ4n) is 1.55. The van der Waals surface area contributed by atoms with Crippen LogP contribution in [0.5, 0.6) is 0 Å². The van der Waals surface area contributed by atoms with Crippen LogP contribution in [0.4, 0.5) is 5.82 Å². The van der Waals surface area contributed by atoms with Crippen LogP contribution < -0.4 is 5.32 Å². The third-order valence-corrected chi connectivity index (χ3v) is 2.83. The monoisotopic (exact) mass is 233 g/mol. The minimum absolute atomic E-state index is 0.396. The Morgan fingerprint density at radius 2 is 2.19 bits per heavy atom. The molecule has 1 atom stereocenters. The Kier molecular flexibility index (Phi) is 3.19. The molecule has 0 fully saturated rings. The van der Waals surface area contributed by atoms with Gasteiger partial charge in [-0.25, -0.2) is 4.98 Å². The lowest BCUT2D eigenvalue weighted by atomic mass is 10.2. The number of hydrogen-bond acceptors (Lipinski definition) is 3. The molecular formula is C12H15N3S. The molecule has 16 heavy (non-hydrogen) atoms. The van der Waals surface area contributed by atoms with Crippen LogP contribution in [-0.2, 0) is 0 Å². The summed E-state index contributed by atoms with van der Waals surface area (Å²) in [6, 6.07) is 8.43. The molecule has 2 aromatic rings. The van der Waals surface area contributed by atoms with Gasteiger partial charge in [0.25, 0.3) is 0 Å². The highest BCUT2D eigenvalue weighted by Crippen LogP contribution is 2.19. The molecule has 0 radical (unpaired) electrons. The van der Waals surface area contributed by atoms with E-state index in [1.807, 2.05) is 24.3 Å². The second kappa shape index (κ2) is 4.61. The zero-order valence-electron chi connectivity index (χ0n) is 9.45. The van der Waals surface area contributed by atoms with E-state index in [9.17, 15) is 0 Å². The number of nitrogens with zero attached hydrogens (tertiary/aromatic N) is 1. The molecule has 84 valence electrons. The number of para-hydroxylation sites is 1. The fourth-order valence-corrected chi connectivity index (χ4v) is 1.75. The molecule has 1 aromatic heterocycles. The van der Waals surface area contributed by atoms with Crippen molar-refractivity contribution in [2.45, 2.75) is 26.3 Å². The Balaban J connectivity index is 2.54. The van der Waals surface area contributed by atoms with Crippen molar-refractivity contribution in [2.75, 3.05) is 5.32 Å². The quantitative estimate of drug-likeness (QED) is 0.797. The SMILES string of the molecule is CCC(C)Nc1nc(=S)[nH]c2ccccc12. The summed E-state index contributed by atoms with van der Waals surface area (Å²) < 4.78 is 0.518. The van der Waals surface area contributed by atoms with Crippen LogP contribution in [0.2, 0.25) is 0 Å². The van der Waals surface area contributed by atoms with Crippen LogP contribution in [0.3, 0.4) is 0 Å². The molecule has 2 rings (SSSR count). The van der Waals surface area contributed by atoms with Crippen molar-refractivity contribution in [1.82, 2.24) is 9.97 Å². The summed E-state index contributed by atoms with van der Waals surface area (Å²) >= 11 is 5.11. The van der Waals surface area contributed by atoms with Crippen molar-refractivity contribution >= 4 is 28.9 Å². The molecule has 1 heterocycles. The van der Waals surface area contributed by atoms with E-state index in [4.69, 9.17) is 12.2 Å². The normalized spacial score (nSPS) is 12.6. The van der Waals surface area contributed by atoms with Crippen molar-refractivity contribution in [1.29, 1.82) is 0 Å². The van der Waals surface area contributed by atoms with Gasteiger partial charge in [0.05, 0.1) is 5.52 Å². The van der Waals surface area contributed by atoms with Crippen LogP contribution in [0.1, 0.15) is 20.3 Å². The first kappa shape index (κ1) is 11.1. The second-order valence-electron chi connectivity index (χ2n) is 3.89. The summed E-state index contributed by atoms with van der Waals surface area (Å²) in [6.45, 7) is 4.28. The molecule has 0 aliphatic carbocycles. The lowest BCUT2D eigenvalue weighted by Gasteiger charge is -2.13. The number of nitrogens with one attached hydrogen (secondary N) is 2. The molecule has 1 aromatic carbocycles. The van der Waals surface area contributed by atoms with Crippen LogP contribution >= 0.6 is 12.2 Å². The first-order valence-electron chi connectivity index (χ1n) is 5.46. The number of hydrogen-bond donors (Lipinski definition) is 2. The number of rotatable bonds is 3. The zero-order chi connectivity index (χ0) is 11.5. The van der Waals surface area contributed by atoms with Gasteiger partial charge in [0, 0.05) is 11.4 Å². The minimum Gasteiger partial charge on any atom is -0.367 e. The van der Waals surface area contributed by atoms with Gasteiger partial charge in [-0.05, 0) is 37.7 Å². The molecule has 0 saturated heterocycles. The number of anilines is 1. The van der Waals surface area contributed by atoms with E-state index in [1.54, 1.807) is 0 Å². The molecule has 2 N–H and O–H groups in total. The van der Waals surface area contributed by atoms with Crippen molar-refractivity contribution in [3.05, 3.63) is 29.0 Å². The smallest absolute Gasteiger partial charge is 0.199 e. The van der Waals surface area contributed by atoms with Crippen molar-refractivity contribution in [2.24, 2.45) is 0 Å². The molecule has 1 unspecified atom stereocenters. The van der Waals surface area contributed by atoms with Gasteiger partial charge in [0.2, 0.25) is 0 Å². The average Bonchev–Trinajstić information content (AvgIpc) is 2.28. The first-order valence-corrected chi connectivity index (χ1v) is 5.87. The molecular weight excluding hydrogens is 218 g/mol. The number of aromatic nitrogens is 2. The molecule has 0 aliphatic rings. The predicted molar refractivity (Wildman–Crippen MR) is 70.3 cm³/mol. The Labute approximate surface area is 99.9 Å². The van der Waals surface area contributed by atoms with Gasteiger partial charge >= 0.3 is 0 Å². The summed E-state index contributed by atoms with van der Waals surface area (Å²) in [5.74, 6) is 0.869. The predicted octanol–water partition coefficient (Wildman–Crippen LogP) is 3.50. The summed E-state index contributed by atoms with van der Waals surface area (Å²) in [4.78, 5) is 7.42. The van der Waals surface area contributed by atoms with Gasteiger partial charge in [-0.1, -0.05) is 19.1 Å². The first-order chi connectivity index (χ1) is 7.70. The van der Waals surface area contributed by atoms with Crippen LogP contribution in [-0.4, -0.2) is 16.0 Å². The largest absolute Gasteiger partial charge is 0.367 e. The van der Waals surface area contributed by atoms with Gasteiger partial charge in [0.1, 0.15) is 5.82 Å². The summed E-state index contributed by atoms with van der Waals surface area (Å²) in [6.07, 6.45) is 1.06. The summed E-state index contributed by atoms with van der Waals surface area (Å²) in [5, 5.41) is 4.46. The maximum Gasteiger partial charge on any atom is 0.199 e. The average molecular weight is 233 g/mol. The minimum atomic E-state index is 0.396. The van der Waals surface area contributed by atoms with E-state index in [0.717, 1.165) is 23.1 Å². The number of benzene rings is 1. The van der Waals surface area contributed by atoms with E-state index in [1.165, 1.54) is 0 Å². The highest BCUT2D eigenvalue weighted by atomic mass is 32.1. The Morgan fingerprint density at radius 1 is 1.44 bits per heavy atom. The lowest BCUT2D eigenvalue weighted by Crippen LogP contribution is -2.15. The second-order valence-corrected chi connectivity index (χ2v) is 4.28. The third-order valence-electron chi connectivity index (χ3n) is 2.63. The maximum absolute atomic E-state index is 5.11. The van der Waals surface area contributed by atoms with Gasteiger partial charge in [-0.3, -0.25) is 0 Å². The number of H-pyrrole nitrogens is 1. The molecule has 4 heteroatoms. The lowest BCUT2D eigenvalue weighted by molar-refractivity contribution is 0.760. The van der Waals surface area contributed by atoms with Crippen molar-refractivity contribution in [3.63, 3.8) is 0 Å². The molecule has 3 nitrogen and oxygen atoms in total. The number of aromatic amines is 1. The highest BCUT2D eigenvalue weighted by Gasteiger charge is 2.05. The zero-order valence-corrected chi connectivity index (χ0v) is 10.3. The topological polar surface area (TPSA) is 40.7 Å². The summed E-state index contributed by atoms with van der Waals surface area (Å²) in [7, 11) is 0. The molecule has 0 aliphatic heterocycles. The molecule has 0 amide bonds. The van der Waals surface area contributed by atoms with Gasteiger partial charge in [-0.2, -0.15) is 0 Å². The standard InChI is InChI=1S/C12H15N3S/c1-3-8(2)13-11-9-6-4-5-7-10(9)14-12(16)15-11/h4-8H,3H2,1-2H3,(H2,13,14,15,16). The van der Waals surface area contributed by atoms with Gasteiger partial charge in [-0.15, -0.1) is 0 Å². The highest BCUT2D eigenvalue weighted by molar-refractivity contribution is 7.71. The Hall–Kier alpha value is -1.42. The van der Waals surface area contributed by atoms with Crippen molar-refractivity contribution < 1.29 is 0 Å². The van der Waals surface area contributed by atoms with E-state index in [2.05, 4.69) is 29.1 Å². The van der Waals surface area contributed by atoms with Crippen LogP contribution in [0.25, 0.3) is 10.9 Å². The van der Waals surface area contributed by atoms with E-state index in [0.29, 0.717) is 10.8 Å². The molecule has 0 bridgehead atoms.